The number of nitro benzene ring substituents is 1. The van der Waals surface area contributed by atoms with Gasteiger partial charge in [0, 0.05) is 25.2 Å². The zero-order valence-corrected chi connectivity index (χ0v) is 10.1. The van der Waals surface area contributed by atoms with Crippen LogP contribution >= 0.6 is 0 Å². The number of non-ortho nitro benzene ring substituents is 1. The topological polar surface area (TPSA) is 87.4 Å². The number of aliphatic hydroxyl groups excluding tert-OH is 1. The molecule has 0 aliphatic heterocycles. The molecule has 0 bridgehead atoms. The number of anilines is 2. The number of hydrogen-bond donors (Lipinski definition) is 3. The monoisotopic (exact) mass is 251 g/mol. The van der Waals surface area contributed by atoms with Crippen molar-refractivity contribution in [2.75, 3.05) is 30.3 Å². The first-order valence-corrected chi connectivity index (χ1v) is 5.67. The van der Waals surface area contributed by atoms with Gasteiger partial charge in [0.25, 0.3) is 5.69 Å². The zero-order chi connectivity index (χ0) is 13.4. The second-order valence-corrected chi connectivity index (χ2v) is 3.64. The van der Waals surface area contributed by atoms with Crippen LogP contribution in [0.3, 0.4) is 0 Å². The number of nitro groups is 1. The Morgan fingerprint density at radius 2 is 2.06 bits per heavy atom. The van der Waals surface area contributed by atoms with Crippen molar-refractivity contribution in [3.05, 3.63) is 41.0 Å². The lowest BCUT2D eigenvalue weighted by atomic mass is 10.2. The summed E-state index contributed by atoms with van der Waals surface area (Å²) < 4.78 is 0. The van der Waals surface area contributed by atoms with Crippen molar-refractivity contribution < 1.29 is 10.0 Å². The van der Waals surface area contributed by atoms with Crippen LogP contribution in [0.1, 0.15) is 6.42 Å². The summed E-state index contributed by atoms with van der Waals surface area (Å²) in [7, 11) is 0. The lowest BCUT2D eigenvalue weighted by Gasteiger charge is -2.12. The van der Waals surface area contributed by atoms with Crippen LogP contribution in [-0.2, 0) is 0 Å². The predicted octanol–water partition coefficient (Wildman–Crippen LogP) is 1.99. The molecule has 1 aromatic carbocycles. The van der Waals surface area contributed by atoms with E-state index in [0.717, 1.165) is 12.1 Å². The Morgan fingerprint density at radius 1 is 1.33 bits per heavy atom. The Bertz CT molecular complexity index is 421. The van der Waals surface area contributed by atoms with E-state index >= 15 is 0 Å². The fraction of sp³-hybridized carbons (Fsp3) is 0.333. The smallest absolute Gasteiger partial charge is 0.271 e. The minimum absolute atomic E-state index is 0.00306. The van der Waals surface area contributed by atoms with E-state index in [4.69, 9.17) is 5.11 Å². The molecule has 6 heteroatoms. The highest BCUT2D eigenvalue weighted by Crippen LogP contribution is 2.26. The fourth-order valence-corrected chi connectivity index (χ4v) is 1.45. The van der Waals surface area contributed by atoms with Crippen molar-refractivity contribution in [3.8, 4) is 0 Å². The molecule has 18 heavy (non-hydrogen) atoms. The van der Waals surface area contributed by atoms with E-state index in [1.54, 1.807) is 12.1 Å². The van der Waals surface area contributed by atoms with Crippen molar-refractivity contribution in [1.82, 2.24) is 0 Å². The van der Waals surface area contributed by atoms with Crippen molar-refractivity contribution in [3.63, 3.8) is 0 Å². The molecule has 0 unspecified atom stereocenters. The van der Waals surface area contributed by atoms with E-state index in [2.05, 4.69) is 17.2 Å². The molecule has 0 aliphatic carbocycles. The zero-order valence-electron chi connectivity index (χ0n) is 10.1. The van der Waals surface area contributed by atoms with Gasteiger partial charge in [0.15, 0.2) is 0 Å². The largest absolute Gasteiger partial charge is 0.395 e. The van der Waals surface area contributed by atoms with Crippen molar-refractivity contribution in [2.45, 2.75) is 6.42 Å². The van der Waals surface area contributed by atoms with Crippen molar-refractivity contribution in [2.24, 2.45) is 0 Å². The maximum Gasteiger partial charge on any atom is 0.271 e. The number of benzene rings is 1. The maximum absolute atomic E-state index is 10.7. The summed E-state index contributed by atoms with van der Waals surface area (Å²) in [4.78, 5) is 10.3. The van der Waals surface area contributed by atoms with E-state index in [1.165, 1.54) is 12.1 Å². The van der Waals surface area contributed by atoms with Crippen molar-refractivity contribution in [1.29, 1.82) is 0 Å². The second-order valence-electron chi connectivity index (χ2n) is 3.64. The number of aliphatic hydroxyl groups is 1. The molecular weight excluding hydrogens is 234 g/mol. The molecule has 98 valence electrons. The van der Waals surface area contributed by atoms with Gasteiger partial charge in [-0.15, -0.1) is 6.58 Å². The van der Waals surface area contributed by atoms with E-state index in [1.807, 2.05) is 0 Å². The molecular formula is C12H17N3O3. The molecule has 1 aromatic rings. The highest BCUT2D eigenvalue weighted by atomic mass is 16.6. The fourth-order valence-electron chi connectivity index (χ4n) is 1.45. The standard InChI is InChI=1S/C12H17N3O3/c1-2-3-6-13-12-9-10(15(17)18)4-5-11(12)14-7-8-16/h2,4-5,9,13-14,16H,1,3,6-8H2. The lowest BCUT2D eigenvalue weighted by Crippen LogP contribution is -2.09. The minimum atomic E-state index is -0.436. The number of rotatable bonds is 8. The molecule has 0 heterocycles. The SMILES string of the molecule is C=CCCNc1cc([N+](=O)[O-])ccc1NCCO. The quantitative estimate of drug-likeness (QED) is 0.284. The Morgan fingerprint density at radius 3 is 2.67 bits per heavy atom. The van der Waals surface area contributed by atoms with Gasteiger partial charge in [0.1, 0.15) is 0 Å². The number of nitrogens with zero attached hydrogens (tertiary/aromatic N) is 1. The molecule has 0 aliphatic rings. The highest BCUT2D eigenvalue weighted by molar-refractivity contribution is 5.71. The van der Waals surface area contributed by atoms with Crippen LogP contribution in [0.5, 0.6) is 0 Å². The van der Waals surface area contributed by atoms with Crippen LogP contribution in [0.15, 0.2) is 30.9 Å². The van der Waals surface area contributed by atoms with E-state index in [-0.39, 0.29) is 12.3 Å². The van der Waals surface area contributed by atoms with Gasteiger partial charge in [-0.25, -0.2) is 0 Å². The third-order valence-electron chi connectivity index (χ3n) is 2.31. The molecule has 0 spiro atoms. The third kappa shape index (κ3) is 4.06. The summed E-state index contributed by atoms with van der Waals surface area (Å²) in [5.74, 6) is 0. The van der Waals surface area contributed by atoms with Gasteiger partial charge in [-0.1, -0.05) is 6.08 Å². The highest BCUT2D eigenvalue weighted by Gasteiger charge is 2.10. The molecule has 3 N–H and O–H groups in total. The van der Waals surface area contributed by atoms with E-state index < -0.39 is 4.92 Å². The van der Waals surface area contributed by atoms with E-state index in [0.29, 0.717) is 18.8 Å². The normalized spacial score (nSPS) is 9.83. The number of nitrogens with one attached hydrogen (secondary N) is 2. The summed E-state index contributed by atoms with van der Waals surface area (Å²) in [6.45, 7) is 4.66. The summed E-state index contributed by atoms with van der Waals surface area (Å²) in [6, 6.07) is 4.53. The van der Waals surface area contributed by atoms with Crippen molar-refractivity contribution >= 4 is 17.1 Å². The first-order valence-electron chi connectivity index (χ1n) is 5.67. The van der Waals surface area contributed by atoms with Gasteiger partial charge in [-0.05, 0) is 12.5 Å². The lowest BCUT2D eigenvalue weighted by molar-refractivity contribution is -0.384. The van der Waals surface area contributed by atoms with Gasteiger partial charge in [-0.3, -0.25) is 10.1 Å². The average molecular weight is 251 g/mol. The third-order valence-corrected chi connectivity index (χ3v) is 2.31. The van der Waals surface area contributed by atoms with Gasteiger partial charge in [0.2, 0.25) is 0 Å². The maximum atomic E-state index is 10.7. The summed E-state index contributed by atoms with van der Waals surface area (Å²) in [6.07, 6.45) is 2.54. The van der Waals surface area contributed by atoms with E-state index in [9.17, 15) is 10.1 Å². The van der Waals surface area contributed by atoms with Gasteiger partial charge in [-0.2, -0.15) is 0 Å². The molecule has 1 rings (SSSR count). The van der Waals surface area contributed by atoms with Gasteiger partial charge >= 0.3 is 0 Å². The Labute approximate surface area is 105 Å². The Hall–Kier alpha value is -2.08. The number of hydrogen-bond acceptors (Lipinski definition) is 5. The summed E-state index contributed by atoms with van der Waals surface area (Å²) in [5, 5.41) is 25.6. The minimum Gasteiger partial charge on any atom is -0.395 e. The van der Waals surface area contributed by atoms with Crippen LogP contribution in [0.4, 0.5) is 17.1 Å². The molecule has 0 fully saturated rings. The van der Waals surface area contributed by atoms with Gasteiger partial charge in [0.05, 0.1) is 22.9 Å². The average Bonchev–Trinajstić information content (AvgIpc) is 2.37. The molecule has 0 aromatic heterocycles. The molecule has 0 saturated heterocycles. The van der Waals surface area contributed by atoms with Crippen LogP contribution in [0.25, 0.3) is 0 Å². The molecule has 0 atom stereocenters. The summed E-state index contributed by atoms with van der Waals surface area (Å²) in [5.41, 5.74) is 1.42. The molecule has 6 nitrogen and oxygen atoms in total. The van der Waals surface area contributed by atoms with Crippen LogP contribution < -0.4 is 10.6 Å². The summed E-state index contributed by atoms with van der Waals surface area (Å²) >= 11 is 0. The van der Waals surface area contributed by atoms with Gasteiger partial charge < -0.3 is 15.7 Å². The molecule has 0 amide bonds. The first kappa shape index (κ1) is 14.0. The van der Waals surface area contributed by atoms with Crippen LogP contribution in [0.2, 0.25) is 0 Å². The Balaban J connectivity index is 2.86. The second kappa shape index (κ2) is 7.29. The first-order chi connectivity index (χ1) is 8.69. The predicted molar refractivity (Wildman–Crippen MR) is 72.0 cm³/mol. The van der Waals surface area contributed by atoms with Crippen LogP contribution in [0, 0.1) is 10.1 Å². The van der Waals surface area contributed by atoms with Crippen LogP contribution in [-0.4, -0.2) is 29.7 Å². The Kier molecular flexibility index (Phi) is 5.66. The molecule has 0 radical (unpaired) electrons. The molecule has 0 saturated carbocycles.